The van der Waals surface area contributed by atoms with E-state index in [1.807, 2.05) is 7.05 Å². The standard InChI is InChI=1S/C12H15N5O3.ClH/c1-17-5-4-14-6-7(17)11-15-12(20-16-11)9-3-2-8(19-9)10(13)18;/h2-3,7,14H,4-6H2,1H3,(H2,13,18);1H. The number of amides is 1. The highest BCUT2D eigenvalue weighted by Gasteiger charge is 2.26. The molecule has 0 aliphatic carbocycles. The molecular weight excluding hydrogens is 298 g/mol. The number of nitrogens with zero attached hydrogens (tertiary/aromatic N) is 3. The molecule has 2 aromatic heterocycles. The maximum absolute atomic E-state index is 11.0. The van der Waals surface area contributed by atoms with E-state index in [1.54, 1.807) is 6.07 Å². The van der Waals surface area contributed by atoms with Crippen molar-refractivity contribution < 1.29 is 13.7 Å². The summed E-state index contributed by atoms with van der Waals surface area (Å²) in [6.07, 6.45) is 0. The normalized spacial score (nSPS) is 19.2. The SMILES string of the molecule is CN1CCNCC1c1noc(-c2ccc(C(N)=O)o2)n1.Cl. The second-order valence-electron chi connectivity index (χ2n) is 4.69. The Kier molecular flexibility index (Phi) is 4.61. The number of rotatable bonds is 3. The van der Waals surface area contributed by atoms with E-state index in [4.69, 9.17) is 14.7 Å². The van der Waals surface area contributed by atoms with Gasteiger partial charge in [0.05, 0.1) is 6.04 Å². The van der Waals surface area contributed by atoms with Gasteiger partial charge in [-0.1, -0.05) is 5.16 Å². The Bertz CT molecular complexity index is 626. The van der Waals surface area contributed by atoms with E-state index in [2.05, 4.69) is 20.4 Å². The minimum absolute atomic E-state index is 0. The number of carbonyl (C=O) groups excluding carboxylic acids is 1. The number of primary amides is 1. The summed E-state index contributed by atoms with van der Waals surface area (Å²) in [5.41, 5.74) is 5.13. The average Bonchev–Trinajstić information content (AvgIpc) is 3.08. The summed E-state index contributed by atoms with van der Waals surface area (Å²) in [4.78, 5) is 17.5. The molecule has 3 N–H and O–H groups in total. The number of nitrogens with two attached hydrogens (primary N) is 1. The number of aromatic nitrogens is 2. The molecular formula is C12H16ClN5O3. The fourth-order valence-electron chi connectivity index (χ4n) is 2.15. The molecule has 8 nitrogen and oxygen atoms in total. The molecule has 1 unspecified atom stereocenters. The minimum Gasteiger partial charge on any atom is -0.446 e. The van der Waals surface area contributed by atoms with Crippen molar-refractivity contribution in [2.45, 2.75) is 6.04 Å². The van der Waals surface area contributed by atoms with Gasteiger partial charge in [-0.25, -0.2) is 0 Å². The fraction of sp³-hybridized carbons (Fsp3) is 0.417. The van der Waals surface area contributed by atoms with Crippen molar-refractivity contribution in [1.82, 2.24) is 20.4 Å². The molecule has 114 valence electrons. The zero-order valence-corrected chi connectivity index (χ0v) is 12.2. The molecule has 2 aromatic rings. The summed E-state index contributed by atoms with van der Waals surface area (Å²) >= 11 is 0. The van der Waals surface area contributed by atoms with Gasteiger partial charge >= 0.3 is 0 Å². The van der Waals surface area contributed by atoms with Crippen LogP contribution in [0.15, 0.2) is 21.1 Å². The third-order valence-corrected chi connectivity index (χ3v) is 3.31. The predicted octanol–water partition coefficient (Wildman–Crippen LogP) is 0.426. The van der Waals surface area contributed by atoms with Crippen LogP contribution in [-0.2, 0) is 0 Å². The molecule has 0 radical (unpaired) electrons. The van der Waals surface area contributed by atoms with Gasteiger partial charge in [-0.15, -0.1) is 12.4 Å². The van der Waals surface area contributed by atoms with E-state index in [0.29, 0.717) is 11.6 Å². The van der Waals surface area contributed by atoms with Gasteiger partial charge in [0.1, 0.15) is 0 Å². The molecule has 21 heavy (non-hydrogen) atoms. The fourth-order valence-corrected chi connectivity index (χ4v) is 2.15. The van der Waals surface area contributed by atoms with Crippen LogP contribution in [0.2, 0.25) is 0 Å². The van der Waals surface area contributed by atoms with Gasteiger partial charge in [0.15, 0.2) is 17.3 Å². The van der Waals surface area contributed by atoms with E-state index in [9.17, 15) is 4.79 Å². The van der Waals surface area contributed by atoms with Crippen molar-refractivity contribution in [3.8, 4) is 11.7 Å². The summed E-state index contributed by atoms with van der Waals surface area (Å²) in [5, 5.41) is 7.26. The first-order valence-electron chi connectivity index (χ1n) is 6.29. The van der Waals surface area contributed by atoms with Crippen molar-refractivity contribution in [3.63, 3.8) is 0 Å². The molecule has 1 saturated heterocycles. The van der Waals surface area contributed by atoms with Gasteiger partial charge in [0.25, 0.3) is 11.8 Å². The van der Waals surface area contributed by atoms with Crippen LogP contribution in [0.4, 0.5) is 0 Å². The van der Waals surface area contributed by atoms with Gasteiger partial charge in [-0.3, -0.25) is 9.69 Å². The van der Waals surface area contributed by atoms with Gasteiger partial charge < -0.3 is 20.0 Å². The van der Waals surface area contributed by atoms with Crippen LogP contribution >= 0.6 is 12.4 Å². The number of piperazine rings is 1. The van der Waals surface area contributed by atoms with Crippen LogP contribution in [0.1, 0.15) is 22.4 Å². The lowest BCUT2D eigenvalue weighted by molar-refractivity contribution is 0.0974. The summed E-state index contributed by atoms with van der Waals surface area (Å²) in [7, 11) is 2.01. The Hall–Kier alpha value is -1.90. The Morgan fingerprint density at radius 2 is 2.33 bits per heavy atom. The largest absolute Gasteiger partial charge is 0.446 e. The van der Waals surface area contributed by atoms with Gasteiger partial charge in [0.2, 0.25) is 0 Å². The number of halogens is 1. The first kappa shape index (κ1) is 15.5. The Balaban J connectivity index is 0.00000161. The molecule has 1 amide bonds. The summed E-state index contributed by atoms with van der Waals surface area (Å²) in [6, 6.07) is 3.13. The van der Waals surface area contributed by atoms with Crippen molar-refractivity contribution >= 4 is 18.3 Å². The van der Waals surface area contributed by atoms with Crippen LogP contribution in [0.3, 0.4) is 0 Å². The van der Waals surface area contributed by atoms with E-state index in [0.717, 1.165) is 19.6 Å². The number of likely N-dealkylation sites (N-methyl/N-ethyl adjacent to an activating group) is 1. The number of carbonyl (C=O) groups is 1. The molecule has 0 aromatic carbocycles. The van der Waals surface area contributed by atoms with Crippen LogP contribution in [-0.4, -0.2) is 47.6 Å². The highest BCUT2D eigenvalue weighted by atomic mass is 35.5. The van der Waals surface area contributed by atoms with E-state index < -0.39 is 5.91 Å². The number of hydrogen-bond donors (Lipinski definition) is 2. The summed E-state index contributed by atoms with van der Waals surface area (Å²) in [5.74, 6) is 0.602. The van der Waals surface area contributed by atoms with Crippen LogP contribution in [0.25, 0.3) is 11.7 Å². The van der Waals surface area contributed by atoms with E-state index in [-0.39, 0.29) is 30.1 Å². The maximum atomic E-state index is 11.0. The van der Waals surface area contributed by atoms with Gasteiger partial charge in [0, 0.05) is 19.6 Å². The second-order valence-corrected chi connectivity index (χ2v) is 4.69. The Morgan fingerprint density at radius 1 is 1.52 bits per heavy atom. The molecule has 1 aliphatic rings. The van der Waals surface area contributed by atoms with Crippen molar-refractivity contribution in [2.75, 3.05) is 26.7 Å². The number of nitrogens with one attached hydrogen (secondary N) is 1. The lowest BCUT2D eigenvalue weighted by atomic mass is 10.2. The Morgan fingerprint density at radius 3 is 3.00 bits per heavy atom. The average molecular weight is 314 g/mol. The topological polar surface area (TPSA) is 110 Å². The van der Waals surface area contributed by atoms with Crippen LogP contribution in [0.5, 0.6) is 0 Å². The van der Waals surface area contributed by atoms with Crippen molar-refractivity contribution in [2.24, 2.45) is 5.73 Å². The van der Waals surface area contributed by atoms with Gasteiger partial charge in [-0.05, 0) is 19.2 Å². The molecule has 1 atom stereocenters. The molecule has 0 bridgehead atoms. The smallest absolute Gasteiger partial charge is 0.293 e. The molecule has 3 heterocycles. The summed E-state index contributed by atoms with van der Waals surface area (Å²) < 4.78 is 10.4. The number of hydrogen-bond acceptors (Lipinski definition) is 7. The first-order chi connectivity index (χ1) is 9.65. The van der Waals surface area contributed by atoms with E-state index >= 15 is 0 Å². The predicted molar refractivity (Wildman–Crippen MR) is 76.0 cm³/mol. The van der Waals surface area contributed by atoms with Crippen molar-refractivity contribution in [1.29, 1.82) is 0 Å². The molecule has 9 heteroatoms. The molecule has 0 saturated carbocycles. The lowest BCUT2D eigenvalue weighted by Gasteiger charge is -2.30. The zero-order valence-electron chi connectivity index (χ0n) is 11.4. The molecule has 3 rings (SSSR count). The lowest BCUT2D eigenvalue weighted by Crippen LogP contribution is -2.44. The molecule has 0 spiro atoms. The second kappa shape index (κ2) is 6.25. The molecule has 1 aliphatic heterocycles. The minimum atomic E-state index is -0.632. The summed E-state index contributed by atoms with van der Waals surface area (Å²) in [6.45, 7) is 2.62. The number of furan rings is 1. The zero-order chi connectivity index (χ0) is 14.1. The van der Waals surface area contributed by atoms with Gasteiger partial charge in [-0.2, -0.15) is 4.98 Å². The van der Waals surface area contributed by atoms with Crippen LogP contribution in [0, 0.1) is 0 Å². The quantitative estimate of drug-likeness (QED) is 0.845. The Labute approximate surface area is 127 Å². The maximum Gasteiger partial charge on any atom is 0.293 e. The third kappa shape index (κ3) is 3.07. The highest BCUT2D eigenvalue weighted by molar-refractivity contribution is 5.90. The van der Waals surface area contributed by atoms with Crippen LogP contribution < -0.4 is 11.1 Å². The highest BCUT2D eigenvalue weighted by Crippen LogP contribution is 2.24. The molecule has 1 fully saturated rings. The van der Waals surface area contributed by atoms with Crippen molar-refractivity contribution in [3.05, 3.63) is 23.7 Å². The first-order valence-corrected chi connectivity index (χ1v) is 6.29. The third-order valence-electron chi connectivity index (χ3n) is 3.31. The van der Waals surface area contributed by atoms with E-state index in [1.165, 1.54) is 6.07 Å². The monoisotopic (exact) mass is 313 g/mol.